The van der Waals surface area contributed by atoms with Gasteiger partial charge in [0.05, 0.1) is 13.0 Å². The van der Waals surface area contributed by atoms with Gasteiger partial charge in [0.25, 0.3) is 0 Å². The average molecular weight is 514 g/mol. The summed E-state index contributed by atoms with van der Waals surface area (Å²) in [6.07, 6.45) is 3.53. The first-order valence-corrected chi connectivity index (χ1v) is 13.0. The fourth-order valence-corrected chi connectivity index (χ4v) is 5.89. The fraction of sp³-hybridized carbons (Fsp3) is 0.444. The Labute approximate surface area is 216 Å². The Morgan fingerprint density at radius 1 is 1.06 bits per heavy atom. The van der Waals surface area contributed by atoms with Crippen LogP contribution >= 0.6 is 11.6 Å². The van der Waals surface area contributed by atoms with Crippen LogP contribution in [0, 0.1) is 0 Å². The summed E-state index contributed by atoms with van der Waals surface area (Å²) in [7, 11) is 0. The molecule has 0 radical (unpaired) electrons. The van der Waals surface area contributed by atoms with Crippen LogP contribution in [0.4, 0.5) is 10.5 Å². The number of amides is 3. The number of hydrogen-bond acceptors (Lipinski definition) is 4. The van der Waals surface area contributed by atoms with Crippen molar-refractivity contribution < 1.29 is 19.5 Å². The second-order valence-electron chi connectivity index (χ2n) is 9.68. The molecule has 2 saturated heterocycles. The highest BCUT2D eigenvalue weighted by molar-refractivity contribution is 6.33. The van der Waals surface area contributed by atoms with Crippen LogP contribution in [-0.4, -0.2) is 72.1 Å². The Balaban J connectivity index is 1.69. The lowest BCUT2D eigenvalue weighted by Gasteiger charge is -2.39. The standard InChI is InChI=1S/C27H33ClN4O4/c28-22-18-21(26(29)34)10-11-23(22)32(27(35)36)17-12-25(33)31(16-7-15-30-13-5-2-6-14-30)19-24(32)20-8-3-1-4-9-20/h1,3-4,8-11,18,24H,2,5-7,12-17,19H2,(H2-,29,34,35,36)/p+1/t24-,32?/m0/s1. The summed E-state index contributed by atoms with van der Waals surface area (Å²) in [6.45, 7) is 4.00. The van der Waals surface area contributed by atoms with Gasteiger partial charge >= 0.3 is 6.09 Å². The first kappa shape index (κ1) is 26.1. The number of carbonyl (C=O) groups is 3. The third kappa shape index (κ3) is 5.40. The summed E-state index contributed by atoms with van der Waals surface area (Å²) >= 11 is 6.60. The summed E-state index contributed by atoms with van der Waals surface area (Å²) in [4.78, 5) is 42.3. The number of nitrogens with two attached hydrogens (primary N) is 1. The molecule has 3 N–H and O–H groups in total. The third-order valence-electron chi connectivity index (χ3n) is 7.50. The van der Waals surface area contributed by atoms with E-state index in [1.165, 1.54) is 31.4 Å². The molecule has 2 atom stereocenters. The Morgan fingerprint density at radius 3 is 2.42 bits per heavy atom. The first-order valence-electron chi connectivity index (χ1n) is 12.6. The second-order valence-corrected chi connectivity index (χ2v) is 10.1. The van der Waals surface area contributed by atoms with Gasteiger partial charge in [-0.2, -0.15) is 9.28 Å². The molecule has 0 saturated carbocycles. The lowest BCUT2D eigenvalue weighted by Crippen LogP contribution is -2.57. The molecule has 0 aromatic heterocycles. The van der Waals surface area contributed by atoms with Gasteiger partial charge in [-0.25, -0.2) is 0 Å². The molecule has 2 aromatic rings. The topological polar surface area (TPSA) is 104 Å². The molecule has 0 bridgehead atoms. The summed E-state index contributed by atoms with van der Waals surface area (Å²) < 4.78 is -0.531. The number of carboxylic acid groups (broad SMARTS) is 1. The van der Waals surface area contributed by atoms with Crippen molar-refractivity contribution in [2.24, 2.45) is 5.73 Å². The molecule has 4 rings (SSSR count). The Morgan fingerprint density at radius 2 is 1.78 bits per heavy atom. The zero-order valence-corrected chi connectivity index (χ0v) is 21.2. The monoisotopic (exact) mass is 513 g/mol. The van der Waals surface area contributed by atoms with Crippen LogP contribution in [0.15, 0.2) is 48.5 Å². The number of piperidine rings is 1. The number of nitrogens with zero attached hydrogens (tertiary/aromatic N) is 3. The van der Waals surface area contributed by atoms with Gasteiger partial charge < -0.3 is 20.6 Å². The van der Waals surface area contributed by atoms with Crippen molar-refractivity contribution in [2.45, 2.75) is 38.1 Å². The maximum atomic E-state index is 13.3. The number of rotatable bonds is 7. The molecule has 2 fully saturated rings. The molecule has 2 heterocycles. The quantitative estimate of drug-likeness (QED) is 0.538. The smallest absolute Gasteiger partial charge is 0.435 e. The SMILES string of the molecule is NC(=O)c1ccc([N+]2(C(=O)O)CCC(=O)N(CCCN3CCCCC3)C[C@H]2c2ccccc2)c(Cl)c1. The third-order valence-corrected chi connectivity index (χ3v) is 7.80. The van der Waals surface area contributed by atoms with Crippen molar-refractivity contribution in [1.29, 1.82) is 0 Å². The van der Waals surface area contributed by atoms with Gasteiger partial charge in [-0.3, -0.25) is 9.59 Å². The van der Waals surface area contributed by atoms with Crippen LogP contribution in [0.25, 0.3) is 0 Å². The Bertz CT molecular complexity index is 1110. The summed E-state index contributed by atoms with van der Waals surface area (Å²) in [5.74, 6) is -0.698. The minimum absolute atomic E-state index is 0.0476. The van der Waals surface area contributed by atoms with Crippen molar-refractivity contribution in [3.63, 3.8) is 0 Å². The predicted molar refractivity (Wildman–Crippen MR) is 140 cm³/mol. The van der Waals surface area contributed by atoms with Crippen LogP contribution in [0.2, 0.25) is 5.02 Å². The summed E-state index contributed by atoms with van der Waals surface area (Å²) in [5.41, 5.74) is 6.76. The van der Waals surface area contributed by atoms with E-state index in [4.69, 9.17) is 17.3 Å². The summed E-state index contributed by atoms with van der Waals surface area (Å²) in [6, 6.07) is 13.3. The normalized spacial score (nSPS) is 23.3. The number of carbonyl (C=O) groups excluding carboxylic acids is 2. The van der Waals surface area contributed by atoms with Crippen LogP contribution in [0.1, 0.15) is 54.1 Å². The number of likely N-dealkylation sites (tertiary alicyclic amines) is 1. The number of quaternary nitrogens is 1. The average Bonchev–Trinajstić information content (AvgIpc) is 3.02. The van der Waals surface area contributed by atoms with Crippen molar-refractivity contribution in [1.82, 2.24) is 14.3 Å². The highest BCUT2D eigenvalue weighted by Gasteiger charge is 2.52. The maximum Gasteiger partial charge on any atom is 0.519 e. The van der Waals surface area contributed by atoms with Crippen molar-refractivity contribution in [3.05, 3.63) is 64.7 Å². The zero-order chi connectivity index (χ0) is 25.7. The Kier molecular flexibility index (Phi) is 8.28. The molecule has 2 aliphatic rings. The lowest BCUT2D eigenvalue weighted by atomic mass is 10.00. The zero-order valence-electron chi connectivity index (χ0n) is 20.4. The summed E-state index contributed by atoms with van der Waals surface area (Å²) in [5, 5.41) is 10.8. The molecular weight excluding hydrogens is 480 g/mol. The van der Waals surface area contributed by atoms with E-state index in [9.17, 15) is 19.5 Å². The minimum atomic E-state index is -1.10. The van der Waals surface area contributed by atoms with Crippen LogP contribution in [0.3, 0.4) is 0 Å². The molecular formula is C27H34ClN4O4+. The van der Waals surface area contributed by atoms with Gasteiger partial charge in [0.2, 0.25) is 11.8 Å². The second kappa shape index (κ2) is 11.4. The van der Waals surface area contributed by atoms with Crippen molar-refractivity contribution in [2.75, 3.05) is 39.3 Å². The highest BCUT2D eigenvalue weighted by atomic mass is 35.5. The van der Waals surface area contributed by atoms with E-state index in [1.54, 1.807) is 6.07 Å². The number of primary amides is 1. The van der Waals surface area contributed by atoms with E-state index >= 15 is 0 Å². The van der Waals surface area contributed by atoms with E-state index in [0.29, 0.717) is 12.2 Å². The molecule has 0 spiro atoms. The molecule has 3 amide bonds. The molecule has 8 nitrogen and oxygen atoms in total. The van der Waals surface area contributed by atoms with Crippen LogP contribution in [0.5, 0.6) is 0 Å². The first-order chi connectivity index (χ1) is 17.3. The van der Waals surface area contributed by atoms with Gasteiger partial charge in [0.1, 0.15) is 17.6 Å². The van der Waals surface area contributed by atoms with Gasteiger partial charge in [0, 0.05) is 23.7 Å². The minimum Gasteiger partial charge on any atom is -0.435 e. The Hall–Kier alpha value is -2.94. The van der Waals surface area contributed by atoms with E-state index in [0.717, 1.165) is 31.6 Å². The van der Waals surface area contributed by atoms with E-state index in [2.05, 4.69) is 4.90 Å². The van der Waals surface area contributed by atoms with Gasteiger partial charge in [-0.1, -0.05) is 48.4 Å². The maximum absolute atomic E-state index is 13.3. The largest absolute Gasteiger partial charge is 0.519 e. The molecule has 0 aliphatic carbocycles. The lowest BCUT2D eigenvalue weighted by molar-refractivity contribution is -0.130. The van der Waals surface area contributed by atoms with Crippen LogP contribution in [-0.2, 0) is 4.79 Å². The molecule has 2 aromatic carbocycles. The number of halogens is 1. The van der Waals surface area contributed by atoms with Crippen molar-refractivity contribution in [3.8, 4) is 0 Å². The molecule has 1 unspecified atom stereocenters. The van der Waals surface area contributed by atoms with E-state index < -0.39 is 22.5 Å². The van der Waals surface area contributed by atoms with Gasteiger partial charge in [0.15, 0.2) is 5.69 Å². The highest BCUT2D eigenvalue weighted by Crippen LogP contribution is 2.43. The van der Waals surface area contributed by atoms with Gasteiger partial charge in [-0.05, 0) is 51.0 Å². The molecule has 36 heavy (non-hydrogen) atoms. The fourth-order valence-electron chi connectivity index (χ4n) is 5.56. The van der Waals surface area contributed by atoms with Crippen LogP contribution < -0.4 is 10.2 Å². The predicted octanol–water partition coefficient (Wildman–Crippen LogP) is 4.27. The van der Waals surface area contributed by atoms with Gasteiger partial charge in [-0.15, -0.1) is 0 Å². The van der Waals surface area contributed by atoms with Crippen molar-refractivity contribution >= 4 is 35.2 Å². The van der Waals surface area contributed by atoms with E-state index in [-0.39, 0.29) is 36.0 Å². The molecule has 192 valence electrons. The molecule has 9 heteroatoms. The number of hydrogen-bond donors (Lipinski definition) is 2. The van der Waals surface area contributed by atoms with E-state index in [1.807, 2.05) is 35.2 Å². The molecule has 2 aliphatic heterocycles. The number of benzene rings is 2.